The van der Waals surface area contributed by atoms with Crippen LogP contribution in [0, 0.1) is 0 Å². The highest BCUT2D eigenvalue weighted by Gasteiger charge is 2.15. The lowest BCUT2D eigenvalue weighted by molar-refractivity contribution is 0.0828. The lowest BCUT2D eigenvalue weighted by Gasteiger charge is -2.29. The van der Waals surface area contributed by atoms with E-state index in [0.717, 1.165) is 31.9 Å². The Hall–Kier alpha value is -1.26. The third-order valence-electron chi connectivity index (χ3n) is 3.07. The molecule has 5 heteroatoms. The molecule has 4 nitrogen and oxygen atoms in total. The van der Waals surface area contributed by atoms with E-state index in [-0.39, 0.29) is 5.91 Å². The number of carbonyl (C=O) groups is 1. The first-order chi connectivity index (χ1) is 8.59. The van der Waals surface area contributed by atoms with Crippen LogP contribution in [0.15, 0.2) is 18.2 Å². The summed E-state index contributed by atoms with van der Waals surface area (Å²) in [5.74, 6) is -0.0631. The summed E-state index contributed by atoms with van der Waals surface area (Å²) in [6, 6.07) is 5.65. The number of hydrogen-bond donors (Lipinski definition) is 1. The van der Waals surface area contributed by atoms with Crippen LogP contribution in [0.4, 0.5) is 5.69 Å². The largest absolute Gasteiger partial charge is 0.369 e. The van der Waals surface area contributed by atoms with Gasteiger partial charge in [-0.15, -0.1) is 0 Å². The van der Waals surface area contributed by atoms with Gasteiger partial charge in [-0.2, -0.15) is 0 Å². The van der Waals surface area contributed by atoms with Crippen LogP contribution >= 0.6 is 11.6 Å². The van der Waals surface area contributed by atoms with Gasteiger partial charge in [-0.3, -0.25) is 4.79 Å². The molecule has 0 aliphatic carbocycles. The highest BCUT2D eigenvalue weighted by molar-refractivity contribution is 6.34. The van der Waals surface area contributed by atoms with E-state index in [1.807, 2.05) is 18.2 Å². The fourth-order valence-corrected chi connectivity index (χ4v) is 2.29. The van der Waals surface area contributed by atoms with Crippen LogP contribution in [0.5, 0.6) is 0 Å². The summed E-state index contributed by atoms with van der Waals surface area (Å²) in [7, 11) is 3.45. The minimum atomic E-state index is -0.0631. The standard InChI is InChI=1S/C13H18ClN3O/c1-16(2)13(18)11-4-3-10(9-12(11)14)17-7-5-15-6-8-17/h3-4,9,15H,5-8H2,1-2H3. The molecule has 2 rings (SSSR count). The SMILES string of the molecule is CN(C)C(=O)c1ccc(N2CCNCC2)cc1Cl. The van der Waals surface area contributed by atoms with E-state index in [4.69, 9.17) is 11.6 Å². The zero-order chi connectivity index (χ0) is 13.1. The molecule has 1 saturated heterocycles. The first-order valence-electron chi connectivity index (χ1n) is 6.06. The molecule has 1 aliphatic heterocycles. The topological polar surface area (TPSA) is 35.6 Å². The van der Waals surface area contributed by atoms with Crippen LogP contribution in [0.25, 0.3) is 0 Å². The van der Waals surface area contributed by atoms with Gasteiger partial charge >= 0.3 is 0 Å². The molecule has 0 atom stereocenters. The van der Waals surface area contributed by atoms with E-state index in [1.54, 1.807) is 14.1 Å². The third kappa shape index (κ3) is 2.76. The average molecular weight is 268 g/mol. The number of piperazine rings is 1. The van der Waals surface area contributed by atoms with Crippen LogP contribution < -0.4 is 10.2 Å². The molecule has 1 amide bonds. The molecule has 1 heterocycles. The van der Waals surface area contributed by atoms with Gasteiger partial charge in [0, 0.05) is 46.0 Å². The second kappa shape index (κ2) is 5.59. The lowest BCUT2D eigenvalue weighted by Crippen LogP contribution is -2.43. The van der Waals surface area contributed by atoms with Crippen molar-refractivity contribution in [2.75, 3.05) is 45.2 Å². The van der Waals surface area contributed by atoms with Crippen molar-refractivity contribution in [2.45, 2.75) is 0 Å². The van der Waals surface area contributed by atoms with Gasteiger partial charge in [0.1, 0.15) is 0 Å². The van der Waals surface area contributed by atoms with Gasteiger partial charge in [0.05, 0.1) is 10.6 Å². The summed E-state index contributed by atoms with van der Waals surface area (Å²) >= 11 is 6.20. The van der Waals surface area contributed by atoms with E-state index in [2.05, 4.69) is 10.2 Å². The molecular formula is C13H18ClN3O. The van der Waals surface area contributed by atoms with Crippen molar-refractivity contribution in [3.63, 3.8) is 0 Å². The first-order valence-corrected chi connectivity index (χ1v) is 6.44. The molecule has 0 spiro atoms. The Morgan fingerprint density at radius 1 is 1.33 bits per heavy atom. The number of halogens is 1. The molecule has 98 valence electrons. The van der Waals surface area contributed by atoms with Crippen molar-refractivity contribution in [1.29, 1.82) is 0 Å². The predicted molar refractivity (Wildman–Crippen MR) is 74.6 cm³/mol. The van der Waals surface area contributed by atoms with E-state index < -0.39 is 0 Å². The third-order valence-corrected chi connectivity index (χ3v) is 3.38. The van der Waals surface area contributed by atoms with Crippen LogP contribution in [0.3, 0.4) is 0 Å². The average Bonchev–Trinajstić information content (AvgIpc) is 2.38. The van der Waals surface area contributed by atoms with Crippen LogP contribution in [0.2, 0.25) is 5.02 Å². The molecule has 0 radical (unpaired) electrons. The molecule has 0 saturated carbocycles. The van der Waals surface area contributed by atoms with Gasteiger partial charge in [-0.05, 0) is 18.2 Å². The van der Waals surface area contributed by atoms with E-state index in [1.165, 1.54) is 4.90 Å². The van der Waals surface area contributed by atoms with Crippen molar-refractivity contribution in [3.8, 4) is 0 Å². The minimum Gasteiger partial charge on any atom is -0.369 e. The molecule has 1 aliphatic rings. The first kappa shape index (κ1) is 13.2. The van der Waals surface area contributed by atoms with Gasteiger partial charge in [-0.25, -0.2) is 0 Å². The molecule has 1 aromatic rings. The maximum absolute atomic E-state index is 11.9. The van der Waals surface area contributed by atoms with Crippen LogP contribution in [0.1, 0.15) is 10.4 Å². The predicted octanol–water partition coefficient (Wildman–Crippen LogP) is 1.45. The highest BCUT2D eigenvalue weighted by atomic mass is 35.5. The summed E-state index contributed by atoms with van der Waals surface area (Å²) in [4.78, 5) is 15.7. The van der Waals surface area contributed by atoms with Crippen molar-refractivity contribution < 1.29 is 4.79 Å². The van der Waals surface area contributed by atoms with Crippen molar-refractivity contribution in [1.82, 2.24) is 10.2 Å². The van der Waals surface area contributed by atoms with Gasteiger partial charge in [0.2, 0.25) is 0 Å². The van der Waals surface area contributed by atoms with Gasteiger partial charge < -0.3 is 15.1 Å². The molecule has 0 unspecified atom stereocenters. The second-order valence-electron chi connectivity index (χ2n) is 4.60. The molecule has 1 aromatic carbocycles. The monoisotopic (exact) mass is 267 g/mol. The number of anilines is 1. The maximum Gasteiger partial charge on any atom is 0.254 e. The molecule has 1 N–H and O–H groups in total. The van der Waals surface area contributed by atoms with Crippen molar-refractivity contribution in [3.05, 3.63) is 28.8 Å². The number of amides is 1. The number of benzene rings is 1. The number of nitrogens with one attached hydrogen (secondary N) is 1. The Morgan fingerprint density at radius 2 is 2.00 bits per heavy atom. The number of rotatable bonds is 2. The van der Waals surface area contributed by atoms with Gasteiger partial charge in [-0.1, -0.05) is 11.6 Å². The Balaban J connectivity index is 2.21. The van der Waals surface area contributed by atoms with Crippen molar-refractivity contribution >= 4 is 23.2 Å². The summed E-state index contributed by atoms with van der Waals surface area (Å²) < 4.78 is 0. The molecule has 1 fully saturated rings. The van der Waals surface area contributed by atoms with E-state index >= 15 is 0 Å². The zero-order valence-corrected chi connectivity index (χ0v) is 11.5. The fraction of sp³-hybridized carbons (Fsp3) is 0.462. The Morgan fingerprint density at radius 3 is 2.56 bits per heavy atom. The van der Waals surface area contributed by atoms with Crippen LogP contribution in [-0.4, -0.2) is 51.1 Å². The Bertz CT molecular complexity index is 442. The van der Waals surface area contributed by atoms with Gasteiger partial charge in [0.15, 0.2) is 0 Å². The number of nitrogens with zero attached hydrogens (tertiary/aromatic N) is 2. The van der Waals surface area contributed by atoms with Gasteiger partial charge in [0.25, 0.3) is 5.91 Å². The zero-order valence-electron chi connectivity index (χ0n) is 10.7. The highest BCUT2D eigenvalue weighted by Crippen LogP contribution is 2.24. The summed E-state index contributed by atoms with van der Waals surface area (Å²) in [6.45, 7) is 3.90. The van der Waals surface area contributed by atoms with E-state index in [0.29, 0.717) is 10.6 Å². The summed E-state index contributed by atoms with van der Waals surface area (Å²) in [6.07, 6.45) is 0. The second-order valence-corrected chi connectivity index (χ2v) is 5.01. The quantitative estimate of drug-likeness (QED) is 0.881. The minimum absolute atomic E-state index is 0.0631. The van der Waals surface area contributed by atoms with E-state index in [9.17, 15) is 4.79 Å². The summed E-state index contributed by atoms with van der Waals surface area (Å²) in [5, 5.41) is 3.83. The maximum atomic E-state index is 11.9. The molecule has 18 heavy (non-hydrogen) atoms. The smallest absolute Gasteiger partial charge is 0.254 e. The normalized spacial score (nSPS) is 15.6. The van der Waals surface area contributed by atoms with Crippen molar-refractivity contribution in [2.24, 2.45) is 0 Å². The molecule has 0 bridgehead atoms. The molecule has 0 aromatic heterocycles. The molecular weight excluding hydrogens is 250 g/mol. The number of carbonyl (C=O) groups excluding carboxylic acids is 1. The fourth-order valence-electron chi connectivity index (χ4n) is 2.04. The Labute approximate surface area is 113 Å². The summed E-state index contributed by atoms with van der Waals surface area (Å²) in [5.41, 5.74) is 1.64. The lowest BCUT2D eigenvalue weighted by atomic mass is 10.1. The Kier molecular flexibility index (Phi) is 4.09. The van der Waals surface area contributed by atoms with Crippen LogP contribution in [-0.2, 0) is 0 Å². The number of hydrogen-bond acceptors (Lipinski definition) is 3.